The maximum absolute atomic E-state index is 7.07. The van der Waals surface area contributed by atoms with Crippen LogP contribution in [0.5, 0.6) is 0 Å². The SMILES string of the molecule is CCc1cccc(C)c1-n1c(C)cc([C@@H]2[C@H](c3ccccn3)NC(=S)N2c2ccc(N3C[C@@H](C)C[C@H](C)C3)c(Cl)c2)c1C. The van der Waals surface area contributed by atoms with Gasteiger partial charge in [0.15, 0.2) is 5.11 Å². The highest BCUT2D eigenvalue weighted by Crippen LogP contribution is 2.45. The van der Waals surface area contributed by atoms with Crippen LogP contribution in [-0.4, -0.2) is 27.8 Å². The molecule has 0 amide bonds. The van der Waals surface area contributed by atoms with E-state index in [1.54, 1.807) is 0 Å². The first-order chi connectivity index (χ1) is 20.7. The van der Waals surface area contributed by atoms with Crippen molar-refractivity contribution < 1.29 is 0 Å². The summed E-state index contributed by atoms with van der Waals surface area (Å²) < 4.78 is 2.42. The maximum Gasteiger partial charge on any atom is 0.174 e. The number of aryl methyl sites for hydroxylation is 3. The standard InChI is InChI=1S/C36H42ClN5S/c1-7-27-12-10-11-24(4)34(27)41-25(5)18-29(26(41)6)35-33(31-13-8-9-16-38-31)39-36(43)42(35)28-14-15-32(30(37)19-28)40-20-22(2)17-23(3)21-40/h8-16,18-19,22-23,33,35H,7,17,20-21H2,1-6H3,(H,39,43)/t22-,23-,33-,35+/m0/s1. The maximum atomic E-state index is 7.07. The van der Waals surface area contributed by atoms with Gasteiger partial charge in [0.25, 0.3) is 0 Å². The Bertz CT molecular complexity index is 1640. The molecule has 0 bridgehead atoms. The number of aromatic nitrogens is 2. The van der Waals surface area contributed by atoms with E-state index in [1.165, 1.54) is 40.2 Å². The zero-order valence-corrected chi connectivity index (χ0v) is 27.6. The molecule has 7 heteroatoms. The van der Waals surface area contributed by atoms with Gasteiger partial charge >= 0.3 is 0 Å². The summed E-state index contributed by atoms with van der Waals surface area (Å²) in [6.07, 6.45) is 4.09. The molecule has 0 unspecified atom stereocenters. The number of nitrogens with one attached hydrogen (secondary N) is 1. The van der Waals surface area contributed by atoms with Crippen LogP contribution in [0.1, 0.15) is 73.0 Å². The third-order valence-corrected chi connectivity index (χ3v) is 9.85. The molecule has 2 aliphatic rings. The Hall–Kier alpha value is -3.35. The predicted molar refractivity (Wildman–Crippen MR) is 184 cm³/mol. The molecule has 2 fully saturated rings. The normalized spacial score (nSPS) is 22.3. The van der Waals surface area contributed by atoms with Gasteiger partial charge in [-0.3, -0.25) is 4.98 Å². The van der Waals surface area contributed by atoms with Crippen LogP contribution >= 0.6 is 23.8 Å². The predicted octanol–water partition coefficient (Wildman–Crippen LogP) is 8.67. The van der Waals surface area contributed by atoms with E-state index >= 15 is 0 Å². The zero-order chi connectivity index (χ0) is 30.4. The molecule has 0 saturated carbocycles. The summed E-state index contributed by atoms with van der Waals surface area (Å²) in [5.74, 6) is 1.30. The van der Waals surface area contributed by atoms with Crippen LogP contribution < -0.4 is 15.1 Å². The number of rotatable bonds is 6. The summed E-state index contributed by atoms with van der Waals surface area (Å²) in [6.45, 7) is 15.6. The average molecular weight is 612 g/mol. The Balaban J connectivity index is 1.47. The number of pyridine rings is 1. The average Bonchev–Trinajstić information content (AvgIpc) is 3.47. The molecule has 43 heavy (non-hydrogen) atoms. The van der Waals surface area contributed by atoms with Crippen LogP contribution in [-0.2, 0) is 6.42 Å². The van der Waals surface area contributed by atoms with Crippen LogP contribution in [0.25, 0.3) is 5.69 Å². The Kier molecular flexibility index (Phi) is 8.27. The molecular weight excluding hydrogens is 570 g/mol. The lowest BCUT2D eigenvalue weighted by Crippen LogP contribution is -2.38. The summed E-state index contributed by atoms with van der Waals surface area (Å²) in [5, 5.41) is 5.08. The summed E-state index contributed by atoms with van der Waals surface area (Å²) in [6, 6.07) is 21.3. The van der Waals surface area contributed by atoms with Crippen molar-refractivity contribution in [3.63, 3.8) is 0 Å². The first-order valence-corrected chi connectivity index (χ1v) is 16.3. The van der Waals surface area contributed by atoms with Crippen molar-refractivity contribution in [2.75, 3.05) is 22.9 Å². The highest BCUT2D eigenvalue weighted by molar-refractivity contribution is 7.80. The lowest BCUT2D eigenvalue weighted by atomic mass is 9.91. The quantitative estimate of drug-likeness (QED) is 0.221. The fraction of sp³-hybridized carbons (Fsp3) is 0.389. The number of benzene rings is 2. The minimum Gasteiger partial charge on any atom is -0.370 e. The Labute approximate surface area is 266 Å². The molecule has 2 saturated heterocycles. The van der Waals surface area contributed by atoms with Crippen molar-refractivity contribution >= 4 is 40.3 Å². The van der Waals surface area contributed by atoms with Crippen molar-refractivity contribution in [2.45, 2.75) is 66.5 Å². The molecule has 2 aromatic heterocycles. The third-order valence-electron chi connectivity index (χ3n) is 9.23. The molecule has 0 aliphatic carbocycles. The number of thiocarbonyl (C=S) groups is 1. The fourth-order valence-corrected chi connectivity index (χ4v) is 8.11. The summed E-state index contributed by atoms with van der Waals surface area (Å²) in [4.78, 5) is 9.47. The second-order valence-electron chi connectivity index (χ2n) is 12.6. The molecule has 0 radical (unpaired) electrons. The molecule has 2 aromatic carbocycles. The summed E-state index contributed by atoms with van der Waals surface area (Å²) in [7, 11) is 0. The Morgan fingerprint density at radius 1 is 0.977 bits per heavy atom. The van der Waals surface area contributed by atoms with Gasteiger partial charge in [-0.15, -0.1) is 0 Å². The topological polar surface area (TPSA) is 36.3 Å². The summed E-state index contributed by atoms with van der Waals surface area (Å²) in [5.41, 5.74) is 10.6. The molecule has 0 spiro atoms. The number of para-hydroxylation sites is 1. The van der Waals surface area contributed by atoms with Crippen molar-refractivity contribution in [3.8, 4) is 5.69 Å². The van der Waals surface area contributed by atoms with E-state index in [1.807, 2.05) is 18.3 Å². The zero-order valence-electron chi connectivity index (χ0n) is 26.1. The molecule has 2 aliphatic heterocycles. The van der Waals surface area contributed by atoms with Gasteiger partial charge in [-0.05, 0) is 111 Å². The smallest absolute Gasteiger partial charge is 0.174 e. The van der Waals surface area contributed by atoms with E-state index in [2.05, 4.69) is 110 Å². The molecule has 5 nitrogen and oxygen atoms in total. The third kappa shape index (κ3) is 5.44. The van der Waals surface area contributed by atoms with Crippen LogP contribution in [0.3, 0.4) is 0 Å². The van der Waals surface area contributed by atoms with Gasteiger partial charge in [-0.25, -0.2) is 0 Å². The number of halogens is 1. The van der Waals surface area contributed by atoms with Crippen molar-refractivity contribution in [1.82, 2.24) is 14.9 Å². The number of hydrogen-bond acceptors (Lipinski definition) is 3. The number of hydrogen-bond donors (Lipinski definition) is 1. The minimum atomic E-state index is -0.118. The van der Waals surface area contributed by atoms with E-state index in [-0.39, 0.29) is 12.1 Å². The Morgan fingerprint density at radius 2 is 1.74 bits per heavy atom. The summed E-state index contributed by atoms with van der Waals surface area (Å²) >= 11 is 13.1. The number of nitrogens with zero attached hydrogens (tertiary/aromatic N) is 4. The minimum absolute atomic E-state index is 0.103. The van der Waals surface area contributed by atoms with Gasteiger partial charge in [0.1, 0.15) is 0 Å². The van der Waals surface area contributed by atoms with Crippen molar-refractivity contribution in [2.24, 2.45) is 11.8 Å². The van der Waals surface area contributed by atoms with E-state index in [9.17, 15) is 0 Å². The van der Waals surface area contributed by atoms with E-state index in [0.717, 1.165) is 41.6 Å². The second kappa shape index (κ2) is 12.0. The van der Waals surface area contributed by atoms with Gasteiger partial charge in [0.05, 0.1) is 34.2 Å². The Morgan fingerprint density at radius 3 is 2.42 bits per heavy atom. The second-order valence-corrected chi connectivity index (χ2v) is 13.4. The van der Waals surface area contributed by atoms with Crippen LogP contribution in [0, 0.1) is 32.6 Å². The molecule has 224 valence electrons. The van der Waals surface area contributed by atoms with E-state index in [4.69, 9.17) is 28.8 Å². The number of anilines is 2. The van der Waals surface area contributed by atoms with Gasteiger partial charge in [0.2, 0.25) is 0 Å². The van der Waals surface area contributed by atoms with Gasteiger partial charge < -0.3 is 19.7 Å². The van der Waals surface area contributed by atoms with Crippen LogP contribution in [0.15, 0.2) is 66.9 Å². The first-order valence-electron chi connectivity index (χ1n) is 15.5. The molecule has 4 aromatic rings. The fourth-order valence-electron chi connectivity index (χ4n) is 7.47. The highest BCUT2D eigenvalue weighted by atomic mass is 35.5. The van der Waals surface area contributed by atoms with Crippen molar-refractivity contribution in [1.29, 1.82) is 0 Å². The van der Waals surface area contributed by atoms with E-state index < -0.39 is 0 Å². The van der Waals surface area contributed by atoms with Crippen molar-refractivity contribution in [3.05, 3.63) is 106 Å². The lowest BCUT2D eigenvalue weighted by molar-refractivity contribution is 0.357. The molecule has 4 heterocycles. The molecule has 4 atom stereocenters. The monoisotopic (exact) mass is 611 g/mol. The van der Waals surface area contributed by atoms with Gasteiger partial charge in [0, 0.05) is 36.4 Å². The van der Waals surface area contributed by atoms with E-state index in [0.29, 0.717) is 16.9 Å². The number of piperidine rings is 1. The van der Waals surface area contributed by atoms with Crippen LogP contribution in [0.2, 0.25) is 5.02 Å². The first kappa shape index (κ1) is 29.7. The lowest BCUT2D eigenvalue weighted by Gasteiger charge is -2.37. The van der Waals surface area contributed by atoms with Gasteiger partial charge in [-0.2, -0.15) is 0 Å². The molecular formula is C36H42ClN5S. The molecule has 1 N–H and O–H groups in total. The molecule has 6 rings (SSSR count). The highest BCUT2D eigenvalue weighted by Gasteiger charge is 2.42. The largest absolute Gasteiger partial charge is 0.370 e. The van der Waals surface area contributed by atoms with Gasteiger partial charge in [-0.1, -0.05) is 56.6 Å². The van der Waals surface area contributed by atoms with Crippen LogP contribution in [0.4, 0.5) is 11.4 Å².